The first-order chi connectivity index (χ1) is 6.13. The van der Waals surface area contributed by atoms with Crippen LogP contribution in [0.1, 0.15) is 27.2 Å². The molecule has 2 heteroatoms. The van der Waals surface area contributed by atoms with Gasteiger partial charge in [-0.05, 0) is 30.7 Å². The molecule has 1 heterocycles. The topological polar surface area (TPSA) is 29.3 Å². The summed E-state index contributed by atoms with van der Waals surface area (Å²) in [5.74, 6) is 2.53. The van der Waals surface area contributed by atoms with E-state index < -0.39 is 0 Å². The highest BCUT2D eigenvalue weighted by atomic mass is 15.2. The third-order valence-corrected chi connectivity index (χ3v) is 3.29. The van der Waals surface area contributed by atoms with Gasteiger partial charge in [-0.2, -0.15) is 0 Å². The molecule has 2 nitrogen and oxygen atoms in total. The van der Waals surface area contributed by atoms with E-state index in [4.69, 9.17) is 5.73 Å². The van der Waals surface area contributed by atoms with Crippen LogP contribution in [0.2, 0.25) is 0 Å². The number of rotatable bonds is 4. The summed E-state index contributed by atoms with van der Waals surface area (Å²) in [6, 6.07) is 0. The highest BCUT2D eigenvalue weighted by molar-refractivity contribution is 4.79. The van der Waals surface area contributed by atoms with Crippen LogP contribution >= 0.6 is 0 Å². The van der Waals surface area contributed by atoms with Gasteiger partial charge in [0.05, 0.1) is 0 Å². The van der Waals surface area contributed by atoms with E-state index in [2.05, 4.69) is 25.7 Å². The maximum atomic E-state index is 5.54. The van der Waals surface area contributed by atoms with E-state index in [0.29, 0.717) is 0 Å². The third kappa shape index (κ3) is 3.28. The van der Waals surface area contributed by atoms with Crippen LogP contribution in [0.5, 0.6) is 0 Å². The molecule has 1 fully saturated rings. The first-order valence-corrected chi connectivity index (χ1v) is 5.56. The zero-order valence-electron chi connectivity index (χ0n) is 9.29. The van der Waals surface area contributed by atoms with Crippen molar-refractivity contribution in [1.82, 2.24) is 4.90 Å². The standard InChI is InChI=1S/C11H24N2/c1-9(4-5-12)6-13-7-10(2)11(3)8-13/h9-11H,4-8,12H2,1-3H3. The number of hydrogen-bond donors (Lipinski definition) is 1. The summed E-state index contributed by atoms with van der Waals surface area (Å²) in [5.41, 5.74) is 5.54. The van der Waals surface area contributed by atoms with Gasteiger partial charge in [0.1, 0.15) is 0 Å². The van der Waals surface area contributed by atoms with Gasteiger partial charge in [-0.1, -0.05) is 20.8 Å². The number of hydrogen-bond acceptors (Lipinski definition) is 2. The SMILES string of the molecule is CC(CCN)CN1CC(C)C(C)C1. The Bertz CT molecular complexity index is 137. The second kappa shape index (κ2) is 4.97. The molecule has 0 spiro atoms. The van der Waals surface area contributed by atoms with Gasteiger partial charge in [0.15, 0.2) is 0 Å². The lowest BCUT2D eigenvalue weighted by molar-refractivity contribution is 0.271. The van der Waals surface area contributed by atoms with E-state index in [1.807, 2.05) is 0 Å². The summed E-state index contributed by atoms with van der Waals surface area (Å²) in [6.45, 7) is 11.7. The van der Waals surface area contributed by atoms with Crippen LogP contribution in [-0.4, -0.2) is 31.1 Å². The van der Waals surface area contributed by atoms with Crippen molar-refractivity contribution >= 4 is 0 Å². The Morgan fingerprint density at radius 1 is 1.31 bits per heavy atom. The van der Waals surface area contributed by atoms with E-state index in [-0.39, 0.29) is 0 Å². The second-order valence-corrected chi connectivity index (χ2v) is 4.86. The summed E-state index contributed by atoms with van der Waals surface area (Å²) in [7, 11) is 0. The van der Waals surface area contributed by atoms with Crippen LogP contribution in [0.25, 0.3) is 0 Å². The monoisotopic (exact) mass is 184 g/mol. The van der Waals surface area contributed by atoms with Gasteiger partial charge in [0.25, 0.3) is 0 Å². The molecule has 3 unspecified atom stereocenters. The lowest BCUT2D eigenvalue weighted by Gasteiger charge is -2.20. The molecule has 1 aliphatic heterocycles. The van der Waals surface area contributed by atoms with Gasteiger partial charge in [-0.3, -0.25) is 0 Å². The Balaban J connectivity index is 2.23. The lowest BCUT2D eigenvalue weighted by Crippen LogP contribution is -2.27. The van der Waals surface area contributed by atoms with Gasteiger partial charge in [0, 0.05) is 19.6 Å². The van der Waals surface area contributed by atoms with Crippen LogP contribution in [0.4, 0.5) is 0 Å². The van der Waals surface area contributed by atoms with Crippen molar-refractivity contribution in [1.29, 1.82) is 0 Å². The van der Waals surface area contributed by atoms with E-state index >= 15 is 0 Å². The first kappa shape index (κ1) is 11.0. The smallest absolute Gasteiger partial charge is 0.00103 e. The molecule has 3 atom stereocenters. The molecule has 0 radical (unpaired) electrons. The minimum absolute atomic E-state index is 0.766. The molecular weight excluding hydrogens is 160 g/mol. The largest absolute Gasteiger partial charge is 0.330 e. The summed E-state index contributed by atoms with van der Waals surface area (Å²) in [4.78, 5) is 2.59. The maximum absolute atomic E-state index is 5.54. The Labute approximate surface area is 82.5 Å². The van der Waals surface area contributed by atoms with Crippen LogP contribution in [0.15, 0.2) is 0 Å². The Morgan fingerprint density at radius 3 is 2.31 bits per heavy atom. The van der Waals surface area contributed by atoms with Crippen LogP contribution in [0, 0.1) is 17.8 Å². The fourth-order valence-corrected chi connectivity index (χ4v) is 2.21. The Morgan fingerprint density at radius 2 is 1.85 bits per heavy atom. The highest BCUT2D eigenvalue weighted by Crippen LogP contribution is 2.23. The molecular formula is C11H24N2. The minimum Gasteiger partial charge on any atom is -0.330 e. The molecule has 13 heavy (non-hydrogen) atoms. The van der Waals surface area contributed by atoms with Crippen molar-refractivity contribution in [3.05, 3.63) is 0 Å². The van der Waals surface area contributed by atoms with Crippen LogP contribution in [-0.2, 0) is 0 Å². The molecule has 0 aromatic heterocycles. The van der Waals surface area contributed by atoms with Crippen LogP contribution < -0.4 is 5.73 Å². The van der Waals surface area contributed by atoms with E-state index in [0.717, 1.165) is 24.3 Å². The molecule has 0 amide bonds. The maximum Gasteiger partial charge on any atom is 0.00103 e. The van der Waals surface area contributed by atoms with Crippen molar-refractivity contribution in [2.75, 3.05) is 26.2 Å². The molecule has 0 aromatic rings. The molecule has 0 aromatic carbocycles. The zero-order chi connectivity index (χ0) is 9.84. The third-order valence-electron chi connectivity index (χ3n) is 3.29. The number of nitrogens with two attached hydrogens (primary N) is 1. The average Bonchev–Trinajstić information content (AvgIpc) is 2.31. The normalized spacial score (nSPS) is 32.3. The fraction of sp³-hybridized carbons (Fsp3) is 1.00. The van der Waals surface area contributed by atoms with Crippen molar-refractivity contribution in [2.45, 2.75) is 27.2 Å². The minimum atomic E-state index is 0.766. The zero-order valence-corrected chi connectivity index (χ0v) is 9.29. The first-order valence-electron chi connectivity index (χ1n) is 5.56. The molecule has 2 N–H and O–H groups in total. The van der Waals surface area contributed by atoms with Crippen molar-refractivity contribution in [3.63, 3.8) is 0 Å². The average molecular weight is 184 g/mol. The second-order valence-electron chi connectivity index (χ2n) is 4.86. The van der Waals surface area contributed by atoms with Gasteiger partial charge < -0.3 is 10.6 Å². The highest BCUT2D eigenvalue weighted by Gasteiger charge is 2.26. The van der Waals surface area contributed by atoms with Gasteiger partial charge >= 0.3 is 0 Å². The van der Waals surface area contributed by atoms with E-state index in [1.54, 1.807) is 0 Å². The van der Waals surface area contributed by atoms with Crippen molar-refractivity contribution in [2.24, 2.45) is 23.5 Å². The van der Waals surface area contributed by atoms with Gasteiger partial charge in [-0.25, -0.2) is 0 Å². The summed E-state index contributed by atoms with van der Waals surface area (Å²) in [6.07, 6.45) is 1.17. The summed E-state index contributed by atoms with van der Waals surface area (Å²) in [5, 5.41) is 0. The fourth-order valence-electron chi connectivity index (χ4n) is 2.21. The summed E-state index contributed by atoms with van der Waals surface area (Å²) < 4.78 is 0. The van der Waals surface area contributed by atoms with Crippen LogP contribution in [0.3, 0.4) is 0 Å². The molecule has 78 valence electrons. The number of nitrogens with zero attached hydrogens (tertiary/aromatic N) is 1. The number of likely N-dealkylation sites (tertiary alicyclic amines) is 1. The predicted molar refractivity (Wildman–Crippen MR) is 57.6 cm³/mol. The molecule has 0 bridgehead atoms. The van der Waals surface area contributed by atoms with Crippen molar-refractivity contribution in [3.8, 4) is 0 Å². The van der Waals surface area contributed by atoms with E-state index in [1.165, 1.54) is 26.1 Å². The molecule has 1 aliphatic rings. The Hall–Kier alpha value is -0.0800. The molecule has 1 saturated heterocycles. The molecule has 0 saturated carbocycles. The quantitative estimate of drug-likeness (QED) is 0.718. The van der Waals surface area contributed by atoms with Crippen molar-refractivity contribution < 1.29 is 0 Å². The van der Waals surface area contributed by atoms with Gasteiger partial charge in [0.2, 0.25) is 0 Å². The summed E-state index contributed by atoms with van der Waals surface area (Å²) >= 11 is 0. The Kier molecular flexibility index (Phi) is 4.20. The molecule has 0 aliphatic carbocycles. The van der Waals surface area contributed by atoms with Gasteiger partial charge in [-0.15, -0.1) is 0 Å². The lowest BCUT2D eigenvalue weighted by atomic mass is 10.0. The van der Waals surface area contributed by atoms with E-state index in [9.17, 15) is 0 Å². The molecule has 1 rings (SSSR count). The predicted octanol–water partition coefficient (Wildman–Crippen LogP) is 1.56.